The molecule has 0 aliphatic carbocycles. The third kappa shape index (κ3) is 4.05. The summed E-state index contributed by atoms with van der Waals surface area (Å²) < 4.78 is 19.7. The molecular formula is C22H25FN4O4. The normalized spacial score (nSPS) is 19.0. The van der Waals surface area contributed by atoms with Gasteiger partial charge in [0.05, 0.1) is 23.9 Å². The number of halogens is 1. The number of aliphatic hydroxyl groups excluding tert-OH is 1. The molecule has 0 bridgehead atoms. The monoisotopic (exact) mass is 428 g/mol. The number of hydrogen-bond donors (Lipinski definition) is 1. The van der Waals surface area contributed by atoms with E-state index in [9.17, 15) is 19.1 Å². The number of cyclic esters (lactones) is 1. The Morgan fingerprint density at radius 1 is 1.23 bits per heavy atom. The summed E-state index contributed by atoms with van der Waals surface area (Å²) in [5, 5.41) is 9.40. The van der Waals surface area contributed by atoms with E-state index in [1.807, 2.05) is 20.0 Å². The largest absolute Gasteiger partial charge is 0.447 e. The van der Waals surface area contributed by atoms with Crippen molar-refractivity contribution in [3.05, 3.63) is 53.0 Å². The average Bonchev–Trinajstić information content (AvgIpc) is 3.14. The highest BCUT2D eigenvalue weighted by Gasteiger charge is 2.34. The van der Waals surface area contributed by atoms with E-state index >= 15 is 0 Å². The van der Waals surface area contributed by atoms with Crippen LogP contribution in [-0.4, -0.2) is 72.4 Å². The van der Waals surface area contributed by atoms with Gasteiger partial charge in [0, 0.05) is 32.4 Å². The summed E-state index contributed by atoms with van der Waals surface area (Å²) in [7, 11) is 0. The van der Waals surface area contributed by atoms with E-state index in [-0.39, 0.29) is 30.4 Å². The molecule has 4 rings (SSSR count). The van der Waals surface area contributed by atoms with Crippen LogP contribution in [0.5, 0.6) is 0 Å². The van der Waals surface area contributed by atoms with Crippen LogP contribution in [-0.2, 0) is 4.74 Å². The van der Waals surface area contributed by atoms with Gasteiger partial charge in [-0.2, -0.15) is 0 Å². The molecule has 1 aromatic heterocycles. The second-order valence-corrected chi connectivity index (χ2v) is 7.88. The predicted octanol–water partition coefficient (Wildman–Crippen LogP) is 2.12. The Balaban J connectivity index is 1.45. The van der Waals surface area contributed by atoms with E-state index < -0.39 is 18.0 Å². The molecule has 2 amide bonds. The molecule has 31 heavy (non-hydrogen) atoms. The quantitative estimate of drug-likeness (QED) is 0.803. The molecule has 2 aliphatic rings. The Morgan fingerprint density at radius 3 is 2.61 bits per heavy atom. The minimum Gasteiger partial charge on any atom is -0.447 e. The van der Waals surface area contributed by atoms with Gasteiger partial charge in [0.2, 0.25) is 0 Å². The molecule has 2 fully saturated rings. The van der Waals surface area contributed by atoms with Crippen molar-refractivity contribution >= 4 is 23.5 Å². The van der Waals surface area contributed by atoms with Gasteiger partial charge in [0.1, 0.15) is 18.2 Å². The Labute approximate surface area is 179 Å². The molecule has 0 saturated carbocycles. The van der Waals surface area contributed by atoms with Crippen LogP contribution in [0.25, 0.3) is 0 Å². The SMILES string of the molecule is Cc1cnc(N2CCN(C(=O)c3ccc(N4C(=O)OC[C@H]4CO)cc3F)CC2)c(C)c1. The maximum absolute atomic E-state index is 14.8. The number of nitrogens with zero attached hydrogens (tertiary/aromatic N) is 4. The lowest BCUT2D eigenvalue weighted by atomic mass is 10.1. The number of aryl methyl sites for hydroxylation is 2. The van der Waals surface area contributed by atoms with Crippen molar-refractivity contribution in [1.82, 2.24) is 9.88 Å². The highest BCUT2D eigenvalue weighted by Crippen LogP contribution is 2.26. The number of ether oxygens (including phenoxy) is 1. The molecule has 2 saturated heterocycles. The Morgan fingerprint density at radius 2 is 1.97 bits per heavy atom. The molecule has 1 atom stereocenters. The number of amides is 2. The maximum atomic E-state index is 14.8. The summed E-state index contributed by atoms with van der Waals surface area (Å²) in [6.45, 7) is 5.89. The van der Waals surface area contributed by atoms with Crippen molar-refractivity contribution in [3.8, 4) is 0 Å². The summed E-state index contributed by atoms with van der Waals surface area (Å²) in [6, 6.07) is 5.53. The highest BCUT2D eigenvalue weighted by atomic mass is 19.1. The summed E-state index contributed by atoms with van der Waals surface area (Å²) in [4.78, 5) is 34.3. The van der Waals surface area contributed by atoms with E-state index in [0.29, 0.717) is 26.2 Å². The zero-order chi connectivity index (χ0) is 22.1. The van der Waals surface area contributed by atoms with Gasteiger partial charge in [-0.3, -0.25) is 9.69 Å². The van der Waals surface area contributed by atoms with Crippen molar-refractivity contribution in [2.24, 2.45) is 0 Å². The highest BCUT2D eigenvalue weighted by molar-refractivity contribution is 5.96. The molecule has 9 heteroatoms. The number of carbonyl (C=O) groups excluding carboxylic acids is 2. The second-order valence-electron chi connectivity index (χ2n) is 7.88. The summed E-state index contributed by atoms with van der Waals surface area (Å²) in [5.41, 5.74) is 2.39. The van der Waals surface area contributed by atoms with Crippen molar-refractivity contribution in [2.45, 2.75) is 19.9 Å². The fraction of sp³-hybridized carbons (Fsp3) is 0.409. The molecule has 1 N–H and O–H groups in total. The first kappa shape index (κ1) is 21.0. The molecule has 0 unspecified atom stereocenters. The van der Waals surface area contributed by atoms with Crippen LogP contribution >= 0.6 is 0 Å². The molecule has 0 spiro atoms. The summed E-state index contributed by atoms with van der Waals surface area (Å²) in [6.07, 6.45) is 1.18. The number of benzene rings is 1. The van der Waals surface area contributed by atoms with Crippen molar-refractivity contribution in [3.63, 3.8) is 0 Å². The lowest BCUT2D eigenvalue weighted by Crippen LogP contribution is -2.49. The fourth-order valence-corrected chi connectivity index (χ4v) is 4.07. The fourth-order valence-electron chi connectivity index (χ4n) is 4.07. The number of pyridine rings is 1. The van der Waals surface area contributed by atoms with Crippen LogP contribution in [0.4, 0.5) is 20.7 Å². The molecule has 3 heterocycles. The lowest BCUT2D eigenvalue weighted by Gasteiger charge is -2.36. The summed E-state index contributed by atoms with van der Waals surface area (Å²) in [5.74, 6) is -0.193. The van der Waals surface area contributed by atoms with E-state index in [1.54, 1.807) is 4.90 Å². The molecular weight excluding hydrogens is 403 g/mol. The molecule has 164 valence electrons. The molecule has 2 aromatic rings. The first-order valence-corrected chi connectivity index (χ1v) is 10.2. The minimum absolute atomic E-state index is 0.0389. The Bertz CT molecular complexity index is 1010. The average molecular weight is 428 g/mol. The minimum atomic E-state index is -0.711. The smallest absolute Gasteiger partial charge is 0.414 e. The third-order valence-electron chi connectivity index (χ3n) is 5.69. The standard InChI is InChI=1S/C22H25FN4O4/c1-14-9-15(2)20(24-11-14)25-5-7-26(8-6-25)21(29)18-4-3-16(10-19(18)23)27-17(12-28)13-31-22(27)30/h3-4,9-11,17,28H,5-8,12-13H2,1-2H3/t17-/m1/s1. The van der Waals surface area contributed by atoms with Crippen LogP contribution in [0, 0.1) is 19.7 Å². The number of piperazine rings is 1. The maximum Gasteiger partial charge on any atom is 0.414 e. The van der Waals surface area contributed by atoms with E-state index in [2.05, 4.69) is 16.0 Å². The first-order valence-electron chi connectivity index (χ1n) is 10.2. The van der Waals surface area contributed by atoms with Crippen LogP contribution < -0.4 is 9.80 Å². The van der Waals surface area contributed by atoms with Gasteiger partial charge < -0.3 is 19.6 Å². The zero-order valence-corrected chi connectivity index (χ0v) is 17.5. The van der Waals surface area contributed by atoms with Gasteiger partial charge in [0.15, 0.2) is 0 Å². The van der Waals surface area contributed by atoms with Gasteiger partial charge in [-0.15, -0.1) is 0 Å². The molecule has 2 aliphatic heterocycles. The lowest BCUT2D eigenvalue weighted by molar-refractivity contribution is 0.0741. The second kappa shape index (κ2) is 8.50. The van der Waals surface area contributed by atoms with Gasteiger partial charge in [-0.1, -0.05) is 6.07 Å². The van der Waals surface area contributed by atoms with Crippen LogP contribution in [0.3, 0.4) is 0 Å². The van der Waals surface area contributed by atoms with Gasteiger partial charge >= 0.3 is 6.09 Å². The van der Waals surface area contributed by atoms with Crippen molar-refractivity contribution in [1.29, 1.82) is 0 Å². The van der Waals surface area contributed by atoms with Crippen molar-refractivity contribution in [2.75, 3.05) is 49.2 Å². The summed E-state index contributed by atoms with van der Waals surface area (Å²) >= 11 is 0. The number of carbonyl (C=O) groups is 2. The Kier molecular flexibility index (Phi) is 5.77. The van der Waals surface area contributed by atoms with Gasteiger partial charge in [-0.05, 0) is 43.2 Å². The van der Waals surface area contributed by atoms with E-state index in [1.165, 1.54) is 17.0 Å². The number of aromatic nitrogens is 1. The third-order valence-corrected chi connectivity index (χ3v) is 5.69. The number of hydrogen-bond acceptors (Lipinski definition) is 6. The predicted molar refractivity (Wildman–Crippen MR) is 113 cm³/mol. The van der Waals surface area contributed by atoms with Gasteiger partial charge in [-0.25, -0.2) is 14.2 Å². The van der Waals surface area contributed by atoms with E-state index in [4.69, 9.17) is 4.74 Å². The topological polar surface area (TPSA) is 86.2 Å². The molecule has 0 radical (unpaired) electrons. The van der Waals surface area contributed by atoms with E-state index in [0.717, 1.165) is 23.0 Å². The number of rotatable bonds is 4. The molecule has 8 nitrogen and oxygen atoms in total. The van der Waals surface area contributed by atoms with Crippen LogP contribution in [0.2, 0.25) is 0 Å². The Hall–Kier alpha value is -3.20. The van der Waals surface area contributed by atoms with Crippen LogP contribution in [0.1, 0.15) is 21.5 Å². The van der Waals surface area contributed by atoms with Crippen molar-refractivity contribution < 1.29 is 23.8 Å². The first-order chi connectivity index (χ1) is 14.9. The zero-order valence-electron chi connectivity index (χ0n) is 17.5. The number of anilines is 2. The number of aliphatic hydroxyl groups is 1. The van der Waals surface area contributed by atoms with Crippen LogP contribution in [0.15, 0.2) is 30.5 Å². The molecule has 1 aromatic carbocycles. The van der Waals surface area contributed by atoms with Gasteiger partial charge in [0.25, 0.3) is 5.91 Å².